The van der Waals surface area contributed by atoms with E-state index in [1.165, 1.54) is 31.8 Å². The second-order valence-corrected chi connectivity index (χ2v) is 3.78. The van der Waals surface area contributed by atoms with Crippen LogP contribution in [0.15, 0.2) is 24.3 Å². The summed E-state index contributed by atoms with van der Waals surface area (Å²) in [6.07, 6.45) is 9.47. The Morgan fingerprint density at radius 2 is 2.23 bits per heavy atom. The number of allylic oxidation sites excluding steroid dienone is 3. The molecule has 0 aliphatic heterocycles. The van der Waals surface area contributed by atoms with Crippen molar-refractivity contribution in [3.63, 3.8) is 0 Å². The summed E-state index contributed by atoms with van der Waals surface area (Å²) >= 11 is 0. The predicted molar refractivity (Wildman–Crippen MR) is 55.0 cm³/mol. The molecule has 70 valence electrons. The summed E-state index contributed by atoms with van der Waals surface area (Å²) in [4.78, 5) is 0. The molecule has 2 bridgehead atoms. The van der Waals surface area contributed by atoms with E-state index in [2.05, 4.69) is 19.6 Å². The molecule has 13 heavy (non-hydrogen) atoms. The van der Waals surface area contributed by atoms with E-state index in [-0.39, 0.29) is 0 Å². The quantitative estimate of drug-likeness (QED) is 0.408. The minimum Gasteiger partial charge on any atom is -0.193 e. The minimum atomic E-state index is 1.01. The van der Waals surface area contributed by atoms with Crippen molar-refractivity contribution in [1.82, 2.24) is 0 Å². The van der Waals surface area contributed by atoms with Gasteiger partial charge in [0, 0.05) is 6.08 Å². The van der Waals surface area contributed by atoms with Crippen LogP contribution in [0, 0.1) is 23.2 Å². The second-order valence-electron chi connectivity index (χ2n) is 3.78. The molecule has 2 rings (SSSR count). The SMILES string of the molecule is C=CC#N.CC=C1CC2CCC1C2. The number of rotatable bonds is 0. The third kappa shape index (κ3) is 2.45. The fourth-order valence-corrected chi connectivity index (χ4v) is 2.45. The second kappa shape index (κ2) is 4.87. The van der Waals surface area contributed by atoms with Gasteiger partial charge in [-0.15, -0.1) is 0 Å². The van der Waals surface area contributed by atoms with Crippen LogP contribution >= 0.6 is 0 Å². The first kappa shape index (κ1) is 10.1. The zero-order chi connectivity index (χ0) is 9.68. The lowest BCUT2D eigenvalue weighted by atomic mass is 9.95. The number of fused-ring (bicyclic) bond motifs is 2. The van der Waals surface area contributed by atoms with Crippen LogP contribution in [0.25, 0.3) is 0 Å². The summed E-state index contributed by atoms with van der Waals surface area (Å²) in [6, 6.07) is 1.69. The lowest BCUT2D eigenvalue weighted by molar-refractivity contribution is 0.560. The molecule has 1 nitrogen and oxygen atoms in total. The molecule has 2 unspecified atom stereocenters. The number of hydrogen-bond acceptors (Lipinski definition) is 1. The topological polar surface area (TPSA) is 23.8 Å². The largest absolute Gasteiger partial charge is 0.193 e. The van der Waals surface area contributed by atoms with E-state index >= 15 is 0 Å². The Labute approximate surface area is 80.8 Å². The Morgan fingerprint density at radius 3 is 2.46 bits per heavy atom. The van der Waals surface area contributed by atoms with E-state index < -0.39 is 0 Å². The van der Waals surface area contributed by atoms with Crippen molar-refractivity contribution >= 4 is 0 Å². The van der Waals surface area contributed by atoms with Gasteiger partial charge < -0.3 is 0 Å². The van der Waals surface area contributed by atoms with Gasteiger partial charge in [-0.1, -0.05) is 18.2 Å². The molecular formula is C12H17N. The Hall–Kier alpha value is -1.03. The summed E-state index contributed by atoms with van der Waals surface area (Å²) in [6.45, 7) is 5.31. The highest BCUT2D eigenvalue weighted by atomic mass is 14.4. The average molecular weight is 175 g/mol. The van der Waals surface area contributed by atoms with E-state index in [0.29, 0.717) is 0 Å². The standard InChI is InChI=1S/C9H14.C3H3N/c1-2-8-5-7-3-4-9(8)6-7;1-2-3-4/h2,7,9H,3-6H2,1H3;2H,1H2. The minimum absolute atomic E-state index is 1.01. The molecular weight excluding hydrogens is 158 g/mol. The molecule has 2 aliphatic rings. The first-order chi connectivity index (χ1) is 6.31. The van der Waals surface area contributed by atoms with Crippen molar-refractivity contribution in [2.45, 2.75) is 32.6 Å². The van der Waals surface area contributed by atoms with Gasteiger partial charge in [0.15, 0.2) is 0 Å². The molecule has 0 radical (unpaired) electrons. The molecule has 0 heterocycles. The molecule has 0 aromatic carbocycles. The van der Waals surface area contributed by atoms with Crippen molar-refractivity contribution in [3.8, 4) is 6.07 Å². The fraction of sp³-hybridized carbons (Fsp3) is 0.583. The highest BCUT2D eigenvalue weighted by Gasteiger charge is 2.34. The van der Waals surface area contributed by atoms with Crippen molar-refractivity contribution in [1.29, 1.82) is 5.26 Å². The maximum absolute atomic E-state index is 7.51. The zero-order valence-corrected chi connectivity index (χ0v) is 8.29. The first-order valence-electron chi connectivity index (χ1n) is 4.97. The molecule has 2 aliphatic carbocycles. The molecule has 0 amide bonds. The Bertz CT molecular complexity index is 244. The first-order valence-corrected chi connectivity index (χ1v) is 4.97. The monoisotopic (exact) mass is 175 g/mol. The van der Waals surface area contributed by atoms with Crippen LogP contribution in [0.3, 0.4) is 0 Å². The van der Waals surface area contributed by atoms with Crippen LogP contribution in [-0.4, -0.2) is 0 Å². The average Bonchev–Trinajstić information content (AvgIpc) is 2.79. The van der Waals surface area contributed by atoms with Crippen molar-refractivity contribution < 1.29 is 0 Å². The van der Waals surface area contributed by atoms with Gasteiger partial charge in [0.25, 0.3) is 0 Å². The molecule has 0 aromatic heterocycles. The van der Waals surface area contributed by atoms with Crippen LogP contribution in [0.4, 0.5) is 0 Å². The summed E-state index contributed by atoms with van der Waals surface area (Å²) < 4.78 is 0. The Balaban J connectivity index is 0.000000184. The fourth-order valence-electron chi connectivity index (χ4n) is 2.45. The van der Waals surface area contributed by atoms with Crippen LogP contribution in [0.5, 0.6) is 0 Å². The van der Waals surface area contributed by atoms with Gasteiger partial charge in [-0.3, -0.25) is 0 Å². The number of nitriles is 1. The van der Waals surface area contributed by atoms with E-state index in [4.69, 9.17) is 5.26 Å². The van der Waals surface area contributed by atoms with Crippen LogP contribution in [0.2, 0.25) is 0 Å². The summed E-state index contributed by atoms with van der Waals surface area (Å²) in [5, 5.41) is 7.51. The van der Waals surface area contributed by atoms with Gasteiger partial charge in [0.1, 0.15) is 0 Å². The summed E-state index contributed by atoms with van der Waals surface area (Å²) in [5.41, 5.74) is 1.76. The predicted octanol–water partition coefficient (Wildman–Crippen LogP) is 3.45. The van der Waals surface area contributed by atoms with Gasteiger partial charge in [0.2, 0.25) is 0 Å². The van der Waals surface area contributed by atoms with Gasteiger partial charge in [-0.2, -0.15) is 5.26 Å². The maximum atomic E-state index is 7.51. The number of nitrogens with zero attached hydrogens (tertiary/aromatic N) is 1. The lowest BCUT2D eigenvalue weighted by Crippen LogP contribution is -1.96. The van der Waals surface area contributed by atoms with Crippen LogP contribution < -0.4 is 0 Å². The Morgan fingerprint density at radius 1 is 1.54 bits per heavy atom. The highest BCUT2D eigenvalue weighted by molar-refractivity contribution is 5.15. The molecule has 0 saturated heterocycles. The smallest absolute Gasteiger partial charge is 0.0905 e. The lowest BCUT2D eigenvalue weighted by Gasteiger charge is -2.11. The molecule has 0 aromatic rings. The van der Waals surface area contributed by atoms with Crippen molar-refractivity contribution in [2.24, 2.45) is 11.8 Å². The van der Waals surface area contributed by atoms with E-state index in [9.17, 15) is 0 Å². The van der Waals surface area contributed by atoms with Gasteiger partial charge in [-0.25, -0.2) is 0 Å². The van der Waals surface area contributed by atoms with Crippen LogP contribution in [0.1, 0.15) is 32.6 Å². The van der Waals surface area contributed by atoms with Gasteiger partial charge >= 0.3 is 0 Å². The Kier molecular flexibility index (Phi) is 3.76. The molecule has 2 atom stereocenters. The van der Waals surface area contributed by atoms with Crippen molar-refractivity contribution in [2.75, 3.05) is 0 Å². The molecule has 2 fully saturated rings. The zero-order valence-electron chi connectivity index (χ0n) is 8.29. The summed E-state index contributed by atoms with van der Waals surface area (Å²) in [7, 11) is 0. The third-order valence-electron chi connectivity index (χ3n) is 3.05. The molecule has 0 spiro atoms. The normalized spacial score (nSPS) is 32.2. The van der Waals surface area contributed by atoms with E-state index in [1.807, 2.05) is 0 Å². The maximum Gasteiger partial charge on any atom is 0.0905 e. The van der Waals surface area contributed by atoms with Crippen molar-refractivity contribution in [3.05, 3.63) is 24.3 Å². The summed E-state index contributed by atoms with van der Waals surface area (Å²) in [5.74, 6) is 2.10. The molecule has 1 heteroatoms. The van der Waals surface area contributed by atoms with Gasteiger partial charge in [-0.05, 0) is 44.4 Å². The molecule has 2 saturated carbocycles. The third-order valence-corrected chi connectivity index (χ3v) is 3.05. The molecule has 0 N–H and O–H groups in total. The van der Waals surface area contributed by atoms with Crippen LogP contribution in [-0.2, 0) is 0 Å². The van der Waals surface area contributed by atoms with Gasteiger partial charge in [0.05, 0.1) is 6.07 Å². The van der Waals surface area contributed by atoms with E-state index in [0.717, 1.165) is 11.8 Å². The van der Waals surface area contributed by atoms with E-state index in [1.54, 1.807) is 11.6 Å². The highest BCUT2D eigenvalue weighted by Crippen LogP contribution is 2.47. The number of hydrogen-bond donors (Lipinski definition) is 0.